The molecule has 0 aromatic heterocycles. The molecule has 0 aliphatic heterocycles. The smallest absolute Gasteiger partial charge is 0.0547 e. The molecule has 0 aromatic carbocycles. The van der Waals surface area contributed by atoms with Gasteiger partial charge in [0, 0.05) is 12.8 Å². The number of halogens is 1. The van der Waals surface area contributed by atoms with Gasteiger partial charge in [0.15, 0.2) is 0 Å². The molecule has 1 nitrogen and oxygen atoms in total. The van der Waals surface area contributed by atoms with Gasteiger partial charge in [0.1, 0.15) is 0 Å². The van der Waals surface area contributed by atoms with Crippen LogP contribution in [-0.4, -0.2) is 12.8 Å². The van der Waals surface area contributed by atoms with E-state index in [0.29, 0.717) is 5.92 Å². The van der Waals surface area contributed by atoms with Gasteiger partial charge in [-0.05, 0) is 12.8 Å². The highest BCUT2D eigenvalue weighted by Gasteiger charge is 1.88. The lowest BCUT2D eigenvalue weighted by Crippen LogP contribution is -1.82. The third kappa shape index (κ3) is 5.83. The van der Waals surface area contributed by atoms with E-state index in [-0.39, 0.29) is 0 Å². The molecule has 0 aromatic rings. The Hall–Kier alpha value is -0.300. The summed E-state index contributed by atoms with van der Waals surface area (Å²) in [6, 6.07) is 0. The molecule has 0 rings (SSSR count). The lowest BCUT2D eigenvalue weighted by Gasteiger charge is -1.93. The molecule has 0 saturated heterocycles. The molecule has 0 radical (unpaired) electrons. The Kier molecular flexibility index (Phi) is 5.32. The van der Waals surface area contributed by atoms with Crippen molar-refractivity contribution in [1.82, 2.24) is 0 Å². The summed E-state index contributed by atoms with van der Waals surface area (Å²) < 4.78 is 0. The number of hydrogen-bond donors (Lipinski definition) is 0. The summed E-state index contributed by atoms with van der Waals surface area (Å²) in [6.45, 7) is 6.95. The molecule has 0 N–H and O–H groups in total. The van der Waals surface area contributed by atoms with Crippen LogP contribution in [0, 0.1) is 5.92 Å². The first-order chi connectivity index (χ1) is 4.66. The fraction of sp³-hybridized carbons (Fsp3) is 0.625. The van der Waals surface area contributed by atoms with Crippen molar-refractivity contribution in [3.63, 3.8) is 0 Å². The molecule has 0 amide bonds. The summed E-state index contributed by atoms with van der Waals surface area (Å²) in [5.41, 5.74) is 0. The predicted octanol–water partition coefficient (Wildman–Crippen LogP) is 2.86. The van der Waals surface area contributed by atoms with Crippen LogP contribution in [0.2, 0.25) is 0 Å². The lowest BCUT2D eigenvalue weighted by molar-refractivity contribution is 0.831. The second-order valence-corrected chi connectivity index (χ2v) is 2.86. The molecule has 0 heterocycles. The lowest BCUT2D eigenvalue weighted by atomic mass is 10.2. The van der Waals surface area contributed by atoms with Gasteiger partial charge in [-0.25, -0.2) is 0 Å². The quantitative estimate of drug-likeness (QED) is 0.562. The van der Waals surface area contributed by atoms with E-state index in [0.717, 1.165) is 11.6 Å². The van der Waals surface area contributed by atoms with Crippen LogP contribution in [0.4, 0.5) is 0 Å². The largest absolute Gasteiger partial charge is 0.292 e. The van der Waals surface area contributed by atoms with Crippen molar-refractivity contribution in [2.75, 3.05) is 6.54 Å². The van der Waals surface area contributed by atoms with E-state index >= 15 is 0 Å². The van der Waals surface area contributed by atoms with Crippen LogP contribution in [0.1, 0.15) is 20.8 Å². The van der Waals surface area contributed by atoms with Gasteiger partial charge in [-0.3, -0.25) is 4.99 Å². The Morgan fingerprint density at radius 1 is 1.60 bits per heavy atom. The second kappa shape index (κ2) is 5.48. The molecule has 2 heteroatoms. The summed E-state index contributed by atoms with van der Waals surface area (Å²) in [6.07, 6.45) is 3.67. The third-order valence-electron chi connectivity index (χ3n) is 0.890. The highest BCUT2D eigenvalue weighted by Crippen LogP contribution is 2.03. The van der Waals surface area contributed by atoms with Crippen molar-refractivity contribution in [3.05, 3.63) is 11.1 Å². The maximum absolute atomic E-state index is 5.77. The van der Waals surface area contributed by atoms with Crippen LogP contribution < -0.4 is 0 Å². The average molecular weight is 160 g/mol. The van der Waals surface area contributed by atoms with Crippen molar-refractivity contribution in [1.29, 1.82) is 0 Å². The number of nitrogens with zero attached hydrogens (tertiary/aromatic N) is 1. The van der Waals surface area contributed by atoms with Crippen molar-refractivity contribution in [2.45, 2.75) is 20.8 Å². The number of aliphatic imine (C=N–C) groups is 1. The first-order valence-corrected chi connectivity index (χ1v) is 3.91. The molecule has 0 bridgehead atoms. The minimum atomic E-state index is 0.496. The zero-order valence-corrected chi connectivity index (χ0v) is 7.52. The van der Waals surface area contributed by atoms with Crippen molar-refractivity contribution in [2.24, 2.45) is 10.9 Å². The summed E-state index contributed by atoms with van der Waals surface area (Å²) >= 11 is 5.77. The first kappa shape index (κ1) is 9.70. The molecule has 0 aliphatic rings. The Morgan fingerprint density at radius 2 is 2.20 bits per heavy atom. The molecular weight excluding hydrogens is 146 g/mol. The predicted molar refractivity (Wildman–Crippen MR) is 47.8 cm³/mol. The summed E-state index contributed by atoms with van der Waals surface area (Å²) in [5, 5.41) is 0.733. The summed E-state index contributed by atoms with van der Waals surface area (Å²) in [5.74, 6) is 0.496. The molecule has 0 aliphatic carbocycles. The highest BCUT2D eigenvalue weighted by atomic mass is 35.5. The van der Waals surface area contributed by atoms with Gasteiger partial charge < -0.3 is 0 Å². The fourth-order valence-corrected chi connectivity index (χ4v) is 0.861. The average Bonchev–Trinajstić information content (AvgIpc) is 1.82. The standard InChI is InChI=1S/C8H14ClN/c1-4-10-6-8(9)5-7(2)3/h5-7H,4H2,1-3H3/b8-5+,10-6-. The van der Waals surface area contributed by atoms with Crippen molar-refractivity contribution in [3.8, 4) is 0 Å². The Balaban J connectivity index is 3.82. The molecule has 0 saturated carbocycles. The second-order valence-electron chi connectivity index (χ2n) is 2.42. The molecule has 0 atom stereocenters. The summed E-state index contributed by atoms with van der Waals surface area (Å²) in [7, 11) is 0. The van der Waals surface area contributed by atoms with Crippen LogP contribution in [0.25, 0.3) is 0 Å². The highest BCUT2D eigenvalue weighted by molar-refractivity contribution is 6.39. The van der Waals surface area contributed by atoms with Crippen LogP contribution >= 0.6 is 11.6 Å². The van der Waals surface area contributed by atoms with Crippen LogP contribution in [0.3, 0.4) is 0 Å². The van der Waals surface area contributed by atoms with Gasteiger partial charge in [-0.1, -0.05) is 31.5 Å². The van der Waals surface area contributed by atoms with E-state index in [1.165, 1.54) is 0 Å². The number of hydrogen-bond acceptors (Lipinski definition) is 1. The fourth-order valence-electron chi connectivity index (χ4n) is 0.540. The van der Waals surface area contributed by atoms with Crippen LogP contribution in [0.5, 0.6) is 0 Å². The third-order valence-corrected chi connectivity index (χ3v) is 1.11. The first-order valence-electron chi connectivity index (χ1n) is 3.54. The molecule has 0 spiro atoms. The van der Waals surface area contributed by atoms with Gasteiger partial charge in [-0.15, -0.1) is 0 Å². The van der Waals surface area contributed by atoms with E-state index < -0.39 is 0 Å². The Bertz CT molecular complexity index is 136. The van der Waals surface area contributed by atoms with E-state index in [4.69, 9.17) is 11.6 Å². The molecule has 0 unspecified atom stereocenters. The van der Waals surface area contributed by atoms with Crippen molar-refractivity contribution >= 4 is 17.8 Å². The van der Waals surface area contributed by atoms with Gasteiger partial charge in [0.25, 0.3) is 0 Å². The normalized spacial score (nSPS) is 13.5. The topological polar surface area (TPSA) is 12.4 Å². The molecule has 0 fully saturated rings. The number of allylic oxidation sites excluding steroid dienone is 2. The minimum Gasteiger partial charge on any atom is -0.292 e. The van der Waals surface area contributed by atoms with Crippen LogP contribution in [-0.2, 0) is 0 Å². The number of rotatable bonds is 3. The van der Waals surface area contributed by atoms with Gasteiger partial charge >= 0.3 is 0 Å². The summed E-state index contributed by atoms with van der Waals surface area (Å²) in [4.78, 5) is 4.00. The monoisotopic (exact) mass is 159 g/mol. The minimum absolute atomic E-state index is 0.496. The van der Waals surface area contributed by atoms with E-state index in [1.54, 1.807) is 6.21 Å². The van der Waals surface area contributed by atoms with Gasteiger partial charge in [0.05, 0.1) is 5.03 Å². The van der Waals surface area contributed by atoms with E-state index in [9.17, 15) is 0 Å². The van der Waals surface area contributed by atoms with E-state index in [1.807, 2.05) is 13.0 Å². The van der Waals surface area contributed by atoms with Crippen molar-refractivity contribution < 1.29 is 0 Å². The molecule has 10 heavy (non-hydrogen) atoms. The van der Waals surface area contributed by atoms with Gasteiger partial charge in [0.2, 0.25) is 0 Å². The SMILES string of the molecule is CC/N=C\C(Cl)=C/C(C)C. The Morgan fingerprint density at radius 3 is 2.60 bits per heavy atom. The van der Waals surface area contributed by atoms with Gasteiger partial charge in [-0.2, -0.15) is 0 Å². The maximum Gasteiger partial charge on any atom is 0.0547 e. The molecule has 58 valence electrons. The zero-order chi connectivity index (χ0) is 7.98. The molecular formula is C8H14ClN. The Labute approximate surface area is 67.8 Å². The zero-order valence-electron chi connectivity index (χ0n) is 6.76. The van der Waals surface area contributed by atoms with E-state index in [2.05, 4.69) is 18.8 Å². The van der Waals surface area contributed by atoms with Crippen LogP contribution in [0.15, 0.2) is 16.1 Å². The maximum atomic E-state index is 5.77.